The molecular formula is C11H15NO4. The molecule has 0 aliphatic rings. The van der Waals surface area contributed by atoms with Crippen LogP contribution in [-0.4, -0.2) is 20.7 Å². The van der Waals surface area contributed by atoms with Gasteiger partial charge in [0.2, 0.25) is 5.43 Å². The maximum absolute atomic E-state index is 11.1. The van der Waals surface area contributed by atoms with Crippen LogP contribution in [0.1, 0.15) is 31.5 Å². The zero-order chi connectivity index (χ0) is 12.3. The predicted octanol–water partition coefficient (Wildman–Crippen LogP) is 1.29. The maximum atomic E-state index is 11.1. The first-order valence-electron chi connectivity index (χ1n) is 5.12. The van der Waals surface area contributed by atoms with Crippen LogP contribution >= 0.6 is 0 Å². The average Bonchev–Trinajstić information content (AvgIpc) is 2.24. The molecule has 88 valence electrons. The molecule has 1 rings (SSSR count). The van der Waals surface area contributed by atoms with Gasteiger partial charge in [0, 0.05) is 12.3 Å². The van der Waals surface area contributed by atoms with Gasteiger partial charge in [0.05, 0.1) is 5.69 Å². The van der Waals surface area contributed by atoms with E-state index in [0.29, 0.717) is 12.8 Å². The number of hydrogen-bond acceptors (Lipinski definition) is 3. The summed E-state index contributed by atoms with van der Waals surface area (Å²) in [5, 5.41) is 18.5. The first kappa shape index (κ1) is 12.3. The van der Waals surface area contributed by atoms with Crippen molar-refractivity contribution >= 4 is 5.97 Å². The molecule has 1 aromatic rings. The molecule has 1 heterocycles. The number of aliphatic carboxylic acids is 1. The maximum Gasteiger partial charge on any atom is 0.326 e. The molecule has 5 nitrogen and oxygen atoms in total. The van der Waals surface area contributed by atoms with Crippen molar-refractivity contribution in [3.05, 3.63) is 28.2 Å². The van der Waals surface area contributed by atoms with Gasteiger partial charge in [-0.15, -0.1) is 0 Å². The van der Waals surface area contributed by atoms with E-state index < -0.39 is 17.4 Å². The number of rotatable bonds is 4. The highest BCUT2D eigenvalue weighted by Gasteiger charge is 2.20. The van der Waals surface area contributed by atoms with Crippen LogP contribution in [0.3, 0.4) is 0 Å². The first-order chi connectivity index (χ1) is 7.49. The summed E-state index contributed by atoms with van der Waals surface area (Å²) in [4.78, 5) is 22.2. The van der Waals surface area contributed by atoms with Crippen molar-refractivity contribution in [2.75, 3.05) is 0 Å². The topological polar surface area (TPSA) is 79.5 Å². The number of carbonyl (C=O) groups is 1. The summed E-state index contributed by atoms with van der Waals surface area (Å²) < 4.78 is 1.42. The molecule has 0 bridgehead atoms. The van der Waals surface area contributed by atoms with Gasteiger partial charge < -0.3 is 14.8 Å². The highest BCUT2D eigenvalue weighted by molar-refractivity contribution is 5.72. The normalized spacial score (nSPS) is 12.4. The molecule has 16 heavy (non-hydrogen) atoms. The van der Waals surface area contributed by atoms with Crippen molar-refractivity contribution in [2.45, 2.75) is 32.7 Å². The predicted molar refractivity (Wildman–Crippen MR) is 58.7 cm³/mol. The summed E-state index contributed by atoms with van der Waals surface area (Å²) in [5.74, 6) is -1.35. The molecule has 0 aromatic carbocycles. The number of pyridine rings is 1. The SMILES string of the molecule is CCCC(C(=O)O)n1ccc(=O)c(O)c1C. The van der Waals surface area contributed by atoms with E-state index in [9.17, 15) is 14.7 Å². The van der Waals surface area contributed by atoms with Gasteiger partial charge in [-0.05, 0) is 13.3 Å². The Hall–Kier alpha value is -1.78. The molecule has 0 saturated heterocycles. The summed E-state index contributed by atoms with van der Waals surface area (Å²) in [5.41, 5.74) is -0.206. The summed E-state index contributed by atoms with van der Waals surface area (Å²) in [6.07, 6.45) is 2.58. The largest absolute Gasteiger partial charge is 0.503 e. The van der Waals surface area contributed by atoms with E-state index in [1.807, 2.05) is 6.92 Å². The third-order valence-corrected chi connectivity index (χ3v) is 2.53. The van der Waals surface area contributed by atoms with Crippen LogP contribution < -0.4 is 5.43 Å². The third-order valence-electron chi connectivity index (χ3n) is 2.53. The lowest BCUT2D eigenvalue weighted by Crippen LogP contribution is -2.22. The molecule has 1 unspecified atom stereocenters. The van der Waals surface area contributed by atoms with Gasteiger partial charge in [-0.1, -0.05) is 13.3 Å². The molecule has 0 saturated carbocycles. The number of carboxylic acid groups (broad SMARTS) is 1. The number of nitrogens with zero attached hydrogens (tertiary/aromatic N) is 1. The van der Waals surface area contributed by atoms with E-state index in [-0.39, 0.29) is 11.4 Å². The Morgan fingerprint density at radius 2 is 2.19 bits per heavy atom. The summed E-state index contributed by atoms with van der Waals surface area (Å²) >= 11 is 0. The standard InChI is InChI=1S/C11H15NO4/c1-3-4-8(11(15)16)12-6-5-9(13)10(14)7(12)2/h5-6,8,14H,3-4H2,1-2H3,(H,15,16). The molecule has 0 spiro atoms. The van der Waals surface area contributed by atoms with Crippen LogP contribution in [0.4, 0.5) is 0 Å². The Morgan fingerprint density at radius 3 is 2.69 bits per heavy atom. The second kappa shape index (κ2) is 4.83. The van der Waals surface area contributed by atoms with E-state index in [0.717, 1.165) is 0 Å². The van der Waals surface area contributed by atoms with Crippen molar-refractivity contribution in [3.8, 4) is 5.75 Å². The van der Waals surface area contributed by atoms with E-state index in [1.165, 1.54) is 23.8 Å². The van der Waals surface area contributed by atoms with Crippen molar-refractivity contribution in [3.63, 3.8) is 0 Å². The lowest BCUT2D eigenvalue weighted by Gasteiger charge is -2.18. The second-order valence-electron chi connectivity index (χ2n) is 3.66. The molecule has 0 aliphatic heterocycles. The van der Waals surface area contributed by atoms with Crippen LogP contribution in [0.5, 0.6) is 5.75 Å². The van der Waals surface area contributed by atoms with Crippen molar-refractivity contribution in [1.82, 2.24) is 4.57 Å². The lowest BCUT2D eigenvalue weighted by molar-refractivity contribution is -0.141. The van der Waals surface area contributed by atoms with Gasteiger partial charge in [-0.3, -0.25) is 4.79 Å². The molecule has 1 atom stereocenters. The lowest BCUT2D eigenvalue weighted by atomic mass is 10.1. The minimum atomic E-state index is -0.965. The van der Waals surface area contributed by atoms with Crippen LogP contribution in [0.25, 0.3) is 0 Å². The Labute approximate surface area is 93.0 Å². The number of aromatic nitrogens is 1. The molecule has 5 heteroatoms. The van der Waals surface area contributed by atoms with Gasteiger partial charge in [0.25, 0.3) is 0 Å². The first-order valence-corrected chi connectivity index (χ1v) is 5.12. The fraction of sp³-hybridized carbons (Fsp3) is 0.455. The number of carboxylic acids is 1. The highest BCUT2D eigenvalue weighted by atomic mass is 16.4. The third kappa shape index (κ3) is 2.24. The highest BCUT2D eigenvalue weighted by Crippen LogP contribution is 2.19. The minimum Gasteiger partial charge on any atom is -0.503 e. The number of hydrogen-bond donors (Lipinski definition) is 2. The molecule has 0 amide bonds. The van der Waals surface area contributed by atoms with Crippen molar-refractivity contribution in [2.24, 2.45) is 0 Å². The van der Waals surface area contributed by atoms with Gasteiger partial charge in [0.15, 0.2) is 5.75 Å². The summed E-state index contributed by atoms with van der Waals surface area (Å²) in [6.45, 7) is 3.41. The summed E-state index contributed by atoms with van der Waals surface area (Å²) in [6, 6.07) is 0.435. The van der Waals surface area contributed by atoms with E-state index >= 15 is 0 Å². The van der Waals surface area contributed by atoms with E-state index in [4.69, 9.17) is 5.11 Å². The van der Waals surface area contributed by atoms with Gasteiger partial charge in [0.1, 0.15) is 6.04 Å². The molecular weight excluding hydrogens is 210 g/mol. The van der Waals surface area contributed by atoms with Crippen molar-refractivity contribution < 1.29 is 15.0 Å². The zero-order valence-electron chi connectivity index (χ0n) is 9.30. The minimum absolute atomic E-state index is 0.286. The van der Waals surface area contributed by atoms with Crippen LogP contribution in [0.2, 0.25) is 0 Å². The monoisotopic (exact) mass is 225 g/mol. The number of aromatic hydroxyl groups is 1. The quantitative estimate of drug-likeness (QED) is 0.809. The van der Waals surface area contributed by atoms with Crippen LogP contribution in [-0.2, 0) is 4.79 Å². The van der Waals surface area contributed by atoms with E-state index in [1.54, 1.807) is 0 Å². The van der Waals surface area contributed by atoms with Crippen LogP contribution in [0, 0.1) is 6.92 Å². The molecule has 0 radical (unpaired) electrons. The smallest absolute Gasteiger partial charge is 0.326 e. The zero-order valence-corrected chi connectivity index (χ0v) is 9.30. The van der Waals surface area contributed by atoms with Crippen molar-refractivity contribution in [1.29, 1.82) is 0 Å². The average molecular weight is 225 g/mol. The second-order valence-corrected chi connectivity index (χ2v) is 3.66. The Bertz CT molecular complexity index is 450. The van der Waals surface area contributed by atoms with Gasteiger partial charge >= 0.3 is 5.97 Å². The fourth-order valence-electron chi connectivity index (χ4n) is 1.63. The molecule has 2 N–H and O–H groups in total. The molecule has 0 aliphatic carbocycles. The van der Waals surface area contributed by atoms with Gasteiger partial charge in [-0.25, -0.2) is 4.79 Å². The van der Waals surface area contributed by atoms with E-state index in [2.05, 4.69) is 0 Å². The van der Waals surface area contributed by atoms with Crippen LogP contribution in [0.15, 0.2) is 17.1 Å². The summed E-state index contributed by atoms with van der Waals surface area (Å²) in [7, 11) is 0. The van der Waals surface area contributed by atoms with Gasteiger partial charge in [-0.2, -0.15) is 0 Å². The Kier molecular flexibility index (Phi) is 3.71. The fourth-order valence-corrected chi connectivity index (χ4v) is 1.63. The molecule has 1 aromatic heterocycles. The Balaban J connectivity index is 3.25. The molecule has 0 fully saturated rings. The Morgan fingerprint density at radius 1 is 1.56 bits per heavy atom.